The Balaban J connectivity index is 2.35. The largest absolute Gasteiger partial charge is 0.396 e. The highest BCUT2D eigenvalue weighted by Crippen LogP contribution is 2.38. The lowest BCUT2D eigenvalue weighted by atomic mass is 9.70. The fraction of sp³-hybridized carbons (Fsp3) is 1.00. The smallest absolute Gasteiger partial charge is 0.0431 e. The summed E-state index contributed by atoms with van der Waals surface area (Å²) in [6.07, 6.45) is 5.96. The second-order valence-electron chi connectivity index (χ2n) is 6.54. The van der Waals surface area contributed by atoms with Gasteiger partial charge in [-0.15, -0.1) is 0 Å². The molecule has 2 N–H and O–H groups in total. The minimum absolute atomic E-state index is 0.318. The molecule has 0 aromatic carbocycles. The van der Waals surface area contributed by atoms with Crippen molar-refractivity contribution in [2.45, 2.75) is 71.9 Å². The van der Waals surface area contributed by atoms with Crippen LogP contribution in [-0.2, 0) is 0 Å². The van der Waals surface area contributed by atoms with E-state index in [-0.39, 0.29) is 0 Å². The van der Waals surface area contributed by atoms with Crippen LogP contribution in [0.4, 0.5) is 0 Å². The molecule has 2 nitrogen and oxygen atoms in total. The first-order valence-corrected chi connectivity index (χ1v) is 6.80. The molecule has 0 aromatic heterocycles. The fourth-order valence-electron chi connectivity index (χ4n) is 3.36. The minimum atomic E-state index is 0.318. The summed E-state index contributed by atoms with van der Waals surface area (Å²) in [5, 5.41) is 12.5. The number of aliphatic hydroxyl groups excluding tert-OH is 1. The van der Waals surface area contributed by atoms with E-state index in [0.717, 1.165) is 18.8 Å². The molecule has 0 saturated heterocycles. The van der Waals surface area contributed by atoms with Gasteiger partial charge in [0.25, 0.3) is 0 Å². The molecule has 0 bridgehead atoms. The van der Waals surface area contributed by atoms with Gasteiger partial charge >= 0.3 is 0 Å². The van der Waals surface area contributed by atoms with Crippen LogP contribution in [0.1, 0.15) is 59.8 Å². The second-order valence-corrected chi connectivity index (χ2v) is 6.54. The second kappa shape index (κ2) is 6.02. The summed E-state index contributed by atoms with van der Waals surface area (Å²) in [5.41, 5.74) is 0.492. The molecule has 3 atom stereocenters. The highest BCUT2D eigenvalue weighted by Gasteiger charge is 2.32. The Morgan fingerprint density at radius 3 is 2.62 bits per heavy atom. The van der Waals surface area contributed by atoms with E-state index in [4.69, 9.17) is 5.11 Å². The summed E-state index contributed by atoms with van der Waals surface area (Å²) in [4.78, 5) is 0. The molecule has 1 aliphatic rings. The Labute approximate surface area is 101 Å². The van der Waals surface area contributed by atoms with E-state index in [0.29, 0.717) is 24.1 Å². The molecule has 3 unspecified atom stereocenters. The van der Waals surface area contributed by atoms with E-state index in [1.165, 1.54) is 19.3 Å². The molecule has 1 aliphatic carbocycles. The predicted octanol–water partition coefficient (Wildman–Crippen LogP) is 2.95. The number of nitrogens with one attached hydrogen (secondary N) is 1. The lowest BCUT2D eigenvalue weighted by molar-refractivity contribution is 0.143. The standard InChI is InChI=1S/C14H29NO/c1-11-8-13(10-14(3,4)9-11)15-12(2)6-5-7-16/h11-13,15-16H,5-10H2,1-4H3. The average Bonchev–Trinajstić information content (AvgIpc) is 2.11. The van der Waals surface area contributed by atoms with E-state index >= 15 is 0 Å². The highest BCUT2D eigenvalue weighted by molar-refractivity contribution is 4.87. The Morgan fingerprint density at radius 1 is 1.38 bits per heavy atom. The molecule has 0 radical (unpaired) electrons. The molecule has 16 heavy (non-hydrogen) atoms. The number of hydrogen-bond donors (Lipinski definition) is 2. The highest BCUT2D eigenvalue weighted by atomic mass is 16.2. The molecule has 96 valence electrons. The monoisotopic (exact) mass is 227 g/mol. The number of hydrogen-bond acceptors (Lipinski definition) is 2. The van der Waals surface area contributed by atoms with Crippen molar-refractivity contribution in [3.8, 4) is 0 Å². The van der Waals surface area contributed by atoms with Gasteiger partial charge in [0.05, 0.1) is 0 Å². The van der Waals surface area contributed by atoms with E-state index in [1.807, 2.05) is 0 Å². The van der Waals surface area contributed by atoms with Gasteiger partial charge in [0.2, 0.25) is 0 Å². The normalized spacial score (nSPS) is 31.3. The van der Waals surface area contributed by atoms with Gasteiger partial charge in [-0.05, 0) is 50.4 Å². The van der Waals surface area contributed by atoms with E-state index in [1.54, 1.807) is 0 Å². The summed E-state index contributed by atoms with van der Waals surface area (Å²) in [5.74, 6) is 0.839. The third-order valence-electron chi connectivity index (χ3n) is 3.70. The SMILES string of the molecule is CC1CC(NC(C)CCCO)CC(C)(C)C1. The maximum Gasteiger partial charge on any atom is 0.0431 e. The minimum Gasteiger partial charge on any atom is -0.396 e. The van der Waals surface area contributed by atoms with Crippen LogP contribution in [0.3, 0.4) is 0 Å². The maximum atomic E-state index is 8.82. The molecular formula is C14H29NO. The molecule has 0 aromatic rings. The topological polar surface area (TPSA) is 32.3 Å². The molecular weight excluding hydrogens is 198 g/mol. The Hall–Kier alpha value is -0.0800. The van der Waals surface area contributed by atoms with Gasteiger partial charge in [-0.25, -0.2) is 0 Å². The number of aliphatic hydroxyl groups is 1. The van der Waals surface area contributed by atoms with E-state index in [2.05, 4.69) is 33.0 Å². The van der Waals surface area contributed by atoms with E-state index < -0.39 is 0 Å². The zero-order chi connectivity index (χ0) is 12.2. The zero-order valence-electron chi connectivity index (χ0n) is 11.4. The first-order chi connectivity index (χ1) is 7.43. The van der Waals surface area contributed by atoms with Crippen LogP contribution in [0.15, 0.2) is 0 Å². The zero-order valence-corrected chi connectivity index (χ0v) is 11.4. The van der Waals surface area contributed by atoms with Crippen LogP contribution in [0.2, 0.25) is 0 Å². The molecule has 0 amide bonds. The van der Waals surface area contributed by atoms with Crippen LogP contribution in [0, 0.1) is 11.3 Å². The van der Waals surface area contributed by atoms with Crippen LogP contribution in [-0.4, -0.2) is 23.8 Å². The van der Waals surface area contributed by atoms with E-state index in [9.17, 15) is 0 Å². The van der Waals surface area contributed by atoms with Gasteiger partial charge in [0, 0.05) is 18.7 Å². The van der Waals surface area contributed by atoms with Crippen LogP contribution >= 0.6 is 0 Å². The molecule has 0 spiro atoms. The quantitative estimate of drug-likeness (QED) is 0.757. The Bertz CT molecular complexity index is 203. The van der Waals surface area contributed by atoms with Crippen molar-refractivity contribution in [1.29, 1.82) is 0 Å². The molecule has 1 fully saturated rings. The Morgan fingerprint density at radius 2 is 2.06 bits per heavy atom. The van der Waals surface area contributed by atoms with Gasteiger partial charge in [-0.2, -0.15) is 0 Å². The van der Waals surface area contributed by atoms with Crippen molar-refractivity contribution in [3.05, 3.63) is 0 Å². The third-order valence-corrected chi connectivity index (χ3v) is 3.70. The van der Waals surface area contributed by atoms with Gasteiger partial charge in [0.15, 0.2) is 0 Å². The van der Waals surface area contributed by atoms with Crippen LogP contribution in [0.5, 0.6) is 0 Å². The van der Waals surface area contributed by atoms with Gasteiger partial charge in [0.1, 0.15) is 0 Å². The summed E-state index contributed by atoms with van der Waals surface area (Å²) in [6.45, 7) is 9.69. The summed E-state index contributed by atoms with van der Waals surface area (Å²) in [6, 6.07) is 1.21. The summed E-state index contributed by atoms with van der Waals surface area (Å²) in [7, 11) is 0. The molecule has 2 heteroatoms. The van der Waals surface area contributed by atoms with Crippen molar-refractivity contribution in [2.75, 3.05) is 6.61 Å². The number of rotatable bonds is 5. The van der Waals surface area contributed by atoms with Crippen LogP contribution in [0.25, 0.3) is 0 Å². The van der Waals surface area contributed by atoms with Crippen molar-refractivity contribution >= 4 is 0 Å². The van der Waals surface area contributed by atoms with Gasteiger partial charge in [-0.1, -0.05) is 20.8 Å². The van der Waals surface area contributed by atoms with Crippen molar-refractivity contribution < 1.29 is 5.11 Å². The third kappa shape index (κ3) is 4.84. The first kappa shape index (κ1) is 14.0. The fourth-order valence-corrected chi connectivity index (χ4v) is 3.36. The predicted molar refractivity (Wildman–Crippen MR) is 69.5 cm³/mol. The summed E-state index contributed by atoms with van der Waals surface area (Å²) < 4.78 is 0. The lowest BCUT2D eigenvalue weighted by Gasteiger charge is -2.40. The average molecular weight is 227 g/mol. The van der Waals surface area contributed by atoms with Gasteiger partial charge in [-0.3, -0.25) is 0 Å². The van der Waals surface area contributed by atoms with Crippen molar-refractivity contribution in [2.24, 2.45) is 11.3 Å². The Kier molecular flexibility index (Phi) is 5.26. The van der Waals surface area contributed by atoms with Gasteiger partial charge < -0.3 is 10.4 Å². The molecule has 1 saturated carbocycles. The summed E-state index contributed by atoms with van der Waals surface area (Å²) >= 11 is 0. The molecule has 1 rings (SSSR count). The van der Waals surface area contributed by atoms with Crippen molar-refractivity contribution in [3.63, 3.8) is 0 Å². The first-order valence-electron chi connectivity index (χ1n) is 6.80. The molecule has 0 heterocycles. The maximum absolute atomic E-state index is 8.82. The molecule has 0 aliphatic heterocycles. The lowest BCUT2D eigenvalue weighted by Crippen LogP contribution is -2.44. The van der Waals surface area contributed by atoms with Crippen LogP contribution < -0.4 is 5.32 Å². The van der Waals surface area contributed by atoms with Crippen molar-refractivity contribution in [1.82, 2.24) is 5.32 Å².